The molecule has 0 N–H and O–H groups in total. The average molecular weight is 400 g/mol. The summed E-state index contributed by atoms with van der Waals surface area (Å²) in [6.45, 7) is 2.09. The molecule has 152 valence electrons. The minimum absolute atomic E-state index is 0.170. The smallest absolute Gasteiger partial charge is 0.207 e. The summed E-state index contributed by atoms with van der Waals surface area (Å²) in [5.74, 6) is -2.52. The molecule has 0 spiro atoms. The summed E-state index contributed by atoms with van der Waals surface area (Å²) in [6, 6.07) is 6.97. The first-order valence-electron chi connectivity index (χ1n) is 9.21. The van der Waals surface area contributed by atoms with Crippen molar-refractivity contribution >= 4 is 6.08 Å². The molecule has 0 saturated heterocycles. The number of benzene rings is 2. The topological polar surface area (TPSA) is 0 Å². The van der Waals surface area contributed by atoms with Crippen LogP contribution in [-0.4, -0.2) is 6.18 Å². The molecule has 0 nitrogen and oxygen atoms in total. The van der Waals surface area contributed by atoms with Gasteiger partial charge in [0.05, 0.1) is 0 Å². The molecule has 0 radical (unpaired) electrons. The van der Waals surface area contributed by atoms with E-state index in [1.165, 1.54) is 6.07 Å². The van der Waals surface area contributed by atoms with Crippen molar-refractivity contribution in [3.05, 3.63) is 76.1 Å². The number of aryl methyl sites for hydroxylation is 3. The lowest BCUT2D eigenvalue weighted by molar-refractivity contribution is -0.0790. The van der Waals surface area contributed by atoms with Crippen LogP contribution in [-0.2, 0) is 19.3 Å². The van der Waals surface area contributed by atoms with Gasteiger partial charge in [0, 0.05) is 11.6 Å². The van der Waals surface area contributed by atoms with Crippen molar-refractivity contribution in [2.24, 2.45) is 0 Å². The SMILES string of the molecule is CCCCCc1ccc(CCc2cc(F)c(/C=C/C(F)(F)F)c(F)c2)c(F)c1. The second-order valence-corrected chi connectivity index (χ2v) is 6.73. The monoisotopic (exact) mass is 400 g/mol. The number of rotatable bonds is 8. The summed E-state index contributed by atoms with van der Waals surface area (Å²) in [5, 5.41) is 0. The molecule has 0 saturated carbocycles. The van der Waals surface area contributed by atoms with Crippen LogP contribution in [0.2, 0.25) is 0 Å². The molecule has 0 aliphatic carbocycles. The van der Waals surface area contributed by atoms with Crippen molar-refractivity contribution < 1.29 is 26.3 Å². The van der Waals surface area contributed by atoms with Crippen LogP contribution >= 0.6 is 0 Å². The van der Waals surface area contributed by atoms with Crippen molar-refractivity contribution in [3.63, 3.8) is 0 Å². The first-order valence-corrected chi connectivity index (χ1v) is 9.21. The Morgan fingerprint density at radius 2 is 1.43 bits per heavy atom. The van der Waals surface area contributed by atoms with Gasteiger partial charge in [-0.15, -0.1) is 0 Å². The van der Waals surface area contributed by atoms with E-state index in [-0.39, 0.29) is 30.3 Å². The quantitative estimate of drug-likeness (QED) is 0.325. The Bertz CT molecular complexity index is 797. The molecular weight excluding hydrogens is 378 g/mol. The third kappa shape index (κ3) is 6.73. The molecule has 0 aliphatic heterocycles. The van der Waals surface area contributed by atoms with Gasteiger partial charge in [-0.25, -0.2) is 13.2 Å². The Balaban J connectivity index is 2.05. The third-order valence-corrected chi connectivity index (χ3v) is 4.45. The molecule has 0 aliphatic rings. The minimum atomic E-state index is -4.65. The van der Waals surface area contributed by atoms with Gasteiger partial charge in [-0.2, -0.15) is 13.2 Å². The molecule has 28 heavy (non-hydrogen) atoms. The summed E-state index contributed by atoms with van der Waals surface area (Å²) < 4.78 is 78.7. The van der Waals surface area contributed by atoms with Crippen LogP contribution < -0.4 is 0 Å². The van der Waals surface area contributed by atoms with Crippen molar-refractivity contribution in [3.8, 4) is 0 Å². The maximum Gasteiger partial charge on any atom is 0.409 e. The summed E-state index contributed by atoms with van der Waals surface area (Å²) in [7, 11) is 0. The number of alkyl halides is 3. The van der Waals surface area contributed by atoms with Gasteiger partial charge in [-0.05, 0) is 66.6 Å². The van der Waals surface area contributed by atoms with Crippen LogP contribution in [0.4, 0.5) is 26.3 Å². The van der Waals surface area contributed by atoms with Gasteiger partial charge in [-0.1, -0.05) is 31.9 Å². The Morgan fingerprint density at radius 1 is 0.786 bits per heavy atom. The average Bonchev–Trinajstić information content (AvgIpc) is 2.59. The molecule has 2 rings (SSSR count). The van der Waals surface area contributed by atoms with E-state index in [0.29, 0.717) is 11.6 Å². The van der Waals surface area contributed by atoms with Crippen molar-refractivity contribution in [1.29, 1.82) is 0 Å². The van der Waals surface area contributed by atoms with Gasteiger partial charge in [0.1, 0.15) is 17.5 Å². The Labute approximate surface area is 160 Å². The highest BCUT2D eigenvalue weighted by atomic mass is 19.4. The molecule has 2 aromatic carbocycles. The van der Waals surface area contributed by atoms with E-state index in [4.69, 9.17) is 0 Å². The van der Waals surface area contributed by atoms with Gasteiger partial charge in [0.15, 0.2) is 0 Å². The zero-order valence-corrected chi connectivity index (χ0v) is 15.6. The fraction of sp³-hybridized carbons (Fsp3) is 0.364. The van der Waals surface area contributed by atoms with E-state index in [1.807, 2.05) is 6.07 Å². The van der Waals surface area contributed by atoms with E-state index in [2.05, 4.69) is 6.92 Å². The molecule has 0 fully saturated rings. The molecule has 0 atom stereocenters. The van der Waals surface area contributed by atoms with Crippen LogP contribution in [0.25, 0.3) is 6.08 Å². The van der Waals surface area contributed by atoms with Crippen LogP contribution in [0.15, 0.2) is 36.4 Å². The Morgan fingerprint density at radius 3 is 2.00 bits per heavy atom. The summed E-state index contributed by atoms with van der Waals surface area (Å²) in [6.07, 6.45) is -0.153. The predicted molar refractivity (Wildman–Crippen MR) is 98.5 cm³/mol. The maximum atomic E-state index is 14.2. The summed E-state index contributed by atoms with van der Waals surface area (Å²) >= 11 is 0. The third-order valence-electron chi connectivity index (χ3n) is 4.45. The maximum absolute atomic E-state index is 14.2. The van der Waals surface area contributed by atoms with Crippen molar-refractivity contribution in [2.45, 2.75) is 51.6 Å². The first-order chi connectivity index (χ1) is 13.2. The molecule has 2 aromatic rings. The highest BCUT2D eigenvalue weighted by molar-refractivity contribution is 5.52. The molecule has 6 heteroatoms. The zero-order valence-electron chi connectivity index (χ0n) is 15.6. The number of hydrogen-bond acceptors (Lipinski definition) is 0. The normalized spacial score (nSPS) is 12.1. The first kappa shape index (κ1) is 22.1. The molecule has 0 bridgehead atoms. The van der Waals surface area contributed by atoms with Crippen LogP contribution in [0.5, 0.6) is 0 Å². The molecule has 0 heterocycles. The summed E-state index contributed by atoms with van der Waals surface area (Å²) in [4.78, 5) is 0. The fourth-order valence-corrected chi connectivity index (χ4v) is 2.93. The summed E-state index contributed by atoms with van der Waals surface area (Å²) in [5.41, 5.74) is 0.850. The van der Waals surface area contributed by atoms with Gasteiger partial charge < -0.3 is 0 Å². The lowest BCUT2D eigenvalue weighted by Crippen LogP contribution is -2.02. The number of hydrogen-bond donors (Lipinski definition) is 0. The van der Waals surface area contributed by atoms with Gasteiger partial charge in [0.2, 0.25) is 0 Å². The molecule has 0 unspecified atom stereocenters. The van der Waals surface area contributed by atoms with E-state index in [9.17, 15) is 26.3 Å². The zero-order chi connectivity index (χ0) is 20.7. The predicted octanol–water partition coefficient (Wildman–Crippen LogP) is 7.20. The van der Waals surface area contributed by atoms with Crippen molar-refractivity contribution in [2.75, 3.05) is 0 Å². The highest BCUT2D eigenvalue weighted by Crippen LogP contribution is 2.23. The number of halogens is 6. The fourth-order valence-electron chi connectivity index (χ4n) is 2.93. The molecular formula is C22H22F6. The van der Waals surface area contributed by atoms with E-state index in [0.717, 1.165) is 43.4 Å². The largest absolute Gasteiger partial charge is 0.409 e. The second kappa shape index (κ2) is 9.80. The van der Waals surface area contributed by atoms with E-state index < -0.39 is 23.4 Å². The number of unbranched alkanes of at least 4 members (excludes halogenated alkanes) is 2. The molecule has 0 amide bonds. The highest BCUT2D eigenvalue weighted by Gasteiger charge is 2.22. The second-order valence-electron chi connectivity index (χ2n) is 6.73. The van der Waals surface area contributed by atoms with Crippen LogP contribution in [0, 0.1) is 17.5 Å². The van der Waals surface area contributed by atoms with Crippen molar-refractivity contribution in [1.82, 2.24) is 0 Å². The lowest BCUT2D eigenvalue weighted by Gasteiger charge is -2.08. The van der Waals surface area contributed by atoms with Crippen LogP contribution in [0.3, 0.4) is 0 Å². The Hall–Kier alpha value is -2.24. The Kier molecular flexibility index (Phi) is 7.72. The van der Waals surface area contributed by atoms with E-state index in [1.54, 1.807) is 6.07 Å². The number of allylic oxidation sites excluding steroid dienone is 1. The minimum Gasteiger partial charge on any atom is -0.207 e. The van der Waals surface area contributed by atoms with Gasteiger partial charge in [0.25, 0.3) is 0 Å². The van der Waals surface area contributed by atoms with Gasteiger partial charge in [-0.3, -0.25) is 0 Å². The lowest BCUT2D eigenvalue weighted by atomic mass is 9.99. The van der Waals surface area contributed by atoms with E-state index >= 15 is 0 Å². The van der Waals surface area contributed by atoms with Crippen LogP contribution in [0.1, 0.15) is 48.4 Å². The standard InChI is InChI=1S/C22H22F6/c1-2-3-4-5-15-6-8-17(19(23)12-15)9-7-16-13-20(24)18(21(25)14-16)10-11-22(26,27)28/h6,8,10-14H,2-5,7,9H2,1H3/b11-10+. The van der Waals surface area contributed by atoms with Gasteiger partial charge >= 0.3 is 6.18 Å². The molecule has 0 aromatic heterocycles.